The monoisotopic (exact) mass is 506 g/mol. The number of hydrogen-bond acceptors (Lipinski definition) is 2. The molecule has 0 atom stereocenters. The van der Waals surface area contributed by atoms with Crippen LogP contribution in [0.25, 0.3) is 9.30 Å². The maximum absolute atomic E-state index is 5.07. The molecular formula is C22H56Li2N2O2Si4. The van der Waals surface area contributed by atoms with Crippen molar-refractivity contribution in [2.24, 2.45) is 0 Å². The summed E-state index contributed by atoms with van der Waals surface area (Å²) >= 11 is 0. The zero-order valence-electron chi connectivity index (χ0n) is 24.8. The minimum Gasteiger partial charge on any atom is -0.668 e. The minimum absolute atomic E-state index is 0. The average Bonchev–Trinajstić information content (AvgIpc) is 2.53. The fraction of sp³-hybridized carbons (Fsp3) is 1.00. The van der Waals surface area contributed by atoms with Crippen molar-refractivity contribution in [2.75, 3.05) is 26.4 Å². The Kier molecular flexibility index (Phi) is 27.0. The van der Waals surface area contributed by atoms with Gasteiger partial charge in [0.15, 0.2) is 0 Å². The zero-order chi connectivity index (χ0) is 23.9. The molecule has 2 fully saturated rings. The van der Waals surface area contributed by atoms with Gasteiger partial charge in [-0.1, -0.05) is 112 Å². The molecule has 0 unspecified atom stereocenters. The second-order valence-electron chi connectivity index (χ2n) is 12.3. The first-order chi connectivity index (χ1) is 13.4. The predicted octanol–water partition coefficient (Wildman–Crippen LogP) is 2.44. The van der Waals surface area contributed by atoms with Gasteiger partial charge in [0.05, 0.1) is 0 Å². The normalized spacial score (nSPS) is 16.9. The molecule has 0 aromatic rings. The van der Waals surface area contributed by atoms with Crippen LogP contribution in [0, 0.1) is 0 Å². The number of hydrogen-bond donors (Lipinski definition) is 0. The summed E-state index contributed by atoms with van der Waals surface area (Å²) in [5.74, 6) is 0. The third-order valence-electron chi connectivity index (χ3n) is 3.50. The summed E-state index contributed by atoms with van der Waals surface area (Å²) in [7, 11) is -4.42. The minimum atomic E-state index is -1.11. The van der Waals surface area contributed by atoms with Crippen molar-refractivity contribution in [3.05, 3.63) is 9.30 Å². The van der Waals surface area contributed by atoms with Gasteiger partial charge in [-0.3, -0.25) is 0 Å². The molecule has 2 aliphatic rings. The van der Waals surface area contributed by atoms with Crippen molar-refractivity contribution >= 4 is 32.9 Å². The van der Waals surface area contributed by atoms with Crippen molar-refractivity contribution in [3.63, 3.8) is 0 Å². The van der Waals surface area contributed by atoms with Gasteiger partial charge in [-0.25, -0.2) is 0 Å². The second-order valence-corrected chi connectivity index (χ2v) is 31.4. The molecule has 32 heavy (non-hydrogen) atoms. The molecule has 4 nitrogen and oxygen atoms in total. The summed E-state index contributed by atoms with van der Waals surface area (Å²) < 4.78 is 19.8. The Morgan fingerprint density at radius 1 is 0.375 bits per heavy atom. The van der Waals surface area contributed by atoms with Gasteiger partial charge in [0.1, 0.15) is 0 Å². The molecule has 0 aliphatic carbocycles. The smallest absolute Gasteiger partial charge is 0.668 e. The Hall–Kier alpha value is 1.90. The summed E-state index contributed by atoms with van der Waals surface area (Å²) in [6.07, 6.45) is 7.86. The van der Waals surface area contributed by atoms with E-state index >= 15 is 0 Å². The van der Waals surface area contributed by atoms with Crippen molar-refractivity contribution in [2.45, 2.75) is 117 Å². The maximum Gasteiger partial charge on any atom is 1.00 e. The molecule has 0 radical (unpaired) electrons. The predicted molar refractivity (Wildman–Crippen MR) is 149 cm³/mol. The largest absolute Gasteiger partial charge is 1.00 e. The Labute approximate surface area is 231 Å². The van der Waals surface area contributed by atoms with Gasteiger partial charge in [-0.2, -0.15) is 0 Å². The SMILES string of the molecule is C1CCOCC1.C1CCOCC1.C[Si](C)(C)[N-][Si](C)(C)C.C[Si](C)(C)[N-][Si](C)(C)C.[Li+].[Li+]. The molecule has 2 heterocycles. The Balaban J connectivity index is -0.000000162. The zero-order valence-corrected chi connectivity index (χ0v) is 28.8. The van der Waals surface area contributed by atoms with Crippen LogP contribution < -0.4 is 37.7 Å². The molecule has 0 spiro atoms. The van der Waals surface area contributed by atoms with Gasteiger partial charge in [0, 0.05) is 26.4 Å². The Morgan fingerprint density at radius 2 is 0.562 bits per heavy atom. The molecule has 10 heteroatoms. The third kappa shape index (κ3) is 45.4. The van der Waals surface area contributed by atoms with Crippen LogP contribution in [0.2, 0.25) is 78.6 Å². The topological polar surface area (TPSA) is 46.7 Å². The number of ether oxygens (including phenoxy) is 2. The van der Waals surface area contributed by atoms with Crippen molar-refractivity contribution in [1.82, 2.24) is 0 Å². The molecular weight excluding hydrogens is 450 g/mol. The van der Waals surface area contributed by atoms with E-state index < -0.39 is 32.9 Å². The van der Waals surface area contributed by atoms with E-state index in [1.54, 1.807) is 0 Å². The van der Waals surface area contributed by atoms with Crippen LogP contribution in [0.4, 0.5) is 0 Å². The standard InChI is InChI=1S/2C6H18NSi2.2C5H10O.2Li/c2*1-8(2,3)7-9(4,5)6;2*1-2-4-6-5-3-1;;/h2*1-6H3;2*1-5H2;;/q2*-1;;;2*+1. The van der Waals surface area contributed by atoms with E-state index in [4.69, 9.17) is 18.8 Å². The molecule has 0 N–H and O–H groups in total. The fourth-order valence-corrected chi connectivity index (χ4v) is 19.5. The van der Waals surface area contributed by atoms with Gasteiger partial charge in [0.25, 0.3) is 0 Å². The van der Waals surface area contributed by atoms with E-state index in [-0.39, 0.29) is 37.7 Å². The van der Waals surface area contributed by atoms with Crippen LogP contribution in [0.1, 0.15) is 38.5 Å². The molecule has 0 bridgehead atoms. The van der Waals surface area contributed by atoms with Gasteiger partial charge in [-0.15, -0.1) is 0 Å². The Bertz CT molecular complexity index is 316. The molecule has 184 valence electrons. The molecule has 2 aliphatic heterocycles. The maximum atomic E-state index is 5.07. The summed E-state index contributed by atoms with van der Waals surface area (Å²) in [6, 6.07) is 0. The number of rotatable bonds is 4. The van der Waals surface area contributed by atoms with Gasteiger partial charge in [0.2, 0.25) is 0 Å². The van der Waals surface area contributed by atoms with E-state index in [0.29, 0.717) is 0 Å². The first-order valence-electron chi connectivity index (χ1n) is 12.0. The van der Waals surface area contributed by atoms with E-state index in [0.717, 1.165) is 26.4 Å². The van der Waals surface area contributed by atoms with Gasteiger partial charge >= 0.3 is 37.7 Å². The van der Waals surface area contributed by atoms with E-state index in [1.807, 2.05) is 0 Å². The van der Waals surface area contributed by atoms with Crippen LogP contribution in [0.5, 0.6) is 0 Å². The molecule has 2 saturated heterocycles. The van der Waals surface area contributed by atoms with Crippen LogP contribution in [-0.4, -0.2) is 59.4 Å². The summed E-state index contributed by atoms with van der Waals surface area (Å²) in [5, 5.41) is 0. The second kappa shape index (κ2) is 21.0. The first kappa shape index (κ1) is 41.0. The van der Waals surface area contributed by atoms with E-state index in [9.17, 15) is 0 Å². The fourth-order valence-electron chi connectivity index (χ4n) is 3.39. The van der Waals surface area contributed by atoms with Crippen molar-refractivity contribution in [1.29, 1.82) is 0 Å². The van der Waals surface area contributed by atoms with Crippen LogP contribution in [-0.2, 0) is 9.47 Å². The molecule has 0 saturated carbocycles. The Morgan fingerprint density at radius 3 is 0.594 bits per heavy atom. The average molecular weight is 507 g/mol. The molecule has 2 rings (SSSR count). The number of nitrogens with zero attached hydrogens (tertiary/aromatic N) is 2. The van der Waals surface area contributed by atoms with Crippen LogP contribution >= 0.6 is 0 Å². The van der Waals surface area contributed by atoms with Gasteiger partial charge < -0.3 is 18.8 Å². The quantitative estimate of drug-likeness (QED) is 0.550. The first-order valence-corrected chi connectivity index (χ1v) is 25.8. The molecule has 0 aromatic carbocycles. The van der Waals surface area contributed by atoms with E-state index in [1.165, 1.54) is 38.5 Å². The van der Waals surface area contributed by atoms with Crippen molar-refractivity contribution < 1.29 is 47.2 Å². The van der Waals surface area contributed by atoms with Crippen LogP contribution in [0.15, 0.2) is 0 Å². The molecule has 0 amide bonds. The summed E-state index contributed by atoms with van der Waals surface area (Å²) in [5.41, 5.74) is 0. The summed E-state index contributed by atoms with van der Waals surface area (Å²) in [4.78, 5) is 0. The van der Waals surface area contributed by atoms with E-state index in [2.05, 4.69) is 78.6 Å². The van der Waals surface area contributed by atoms with Crippen molar-refractivity contribution in [3.8, 4) is 0 Å². The molecule has 0 aromatic heterocycles. The third-order valence-corrected chi connectivity index (χ3v) is 14.2. The summed E-state index contributed by atoms with van der Waals surface area (Å²) in [6.45, 7) is 31.6. The van der Waals surface area contributed by atoms with Crippen LogP contribution in [0.3, 0.4) is 0 Å². The van der Waals surface area contributed by atoms with Gasteiger partial charge in [-0.05, 0) is 38.5 Å².